The lowest BCUT2D eigenvalue weighted by Gasteiger charge is -2.35. The first kappa shape index (κ1) is 18.3. The highest BCUT2D eigenvalue weighted by molar-refractivity contribution is 5.85. The van der Waals surface area contributed by atoms with Crippen LogP contribution in [0.1, 0.15) is 56.2 Å². The van der Waals surface area contributed by atoms with Crippen molar-refractivity contribution in [1.29, 1.82) is 0 Å². The molecule has 130 valence electrons. The minimum Gasteiger partial charge on any atom is -0.342 e. The summed E-state index contributed by atoms with van der Waals surface area (Å²) in [6.45, 7) is 4.74. The first-order valence-electron chi connectivity index (χ1n) is 8.75. The summed E-state index contributed by atoms with van der Waals surface area (Å²) < 4.78 is 0. The molecular formula is C17H29ClN4O. The van der Waals surface area contributed by atoms with Gasteiger partial charge in [0.25, 0.3) is 0 Å². The van der Waals surface area contributed by atoms with E-state index in [4.69, 9.17) is 0 Å². The number of aromatic nitrogens is 2. The molecule has 23 heavy (non-hydrogen) atoms. The number of H-pyrrole nitrogens is 1. The molecule has 2 N–H and O–H groups in total. The van der Waals surface area contributed by atoms with Crippen molar-refractivity contribution in [2.45, 2.75) is 64.5 Å². The Labute approximate surface area is 145 Å². The Hall–Kier alpha value is -1.07. The summed E-state index contributed by atoms with van der Waals surface area (Å²) in [5.41, 5.74) is 2.37. The Bertz CT molecular complexity index is 491. The first-order valence-corrected chi connectivity index (χ1v) is 8.75. The van der Waals surface area contributed by atoms with Crippen molar-refractivity contribution in [3.8, 4) is 0 Å². The normalized spacial score (nSPS) is 20.3. The van der Waals surface area contributed by atoms with Gasteiger partial charge in [-0.3, -0.25) is 9.89 Å². The lowest BCUT2D eigenvalue weighted by molar-refractivity contribution is -0.137. The first-order chi connectivity index (χ1) is 10.7. The van der Waals surface area contributed by atoms with E-state index in [0.717, 1.165) is 51.0 Å². The molecule has 2 fully saturated rings. The van der Waals surface area contributed by atoms with Crippen molar-refractivity contribution < 1.29 is 4.79 Å². The maximum absolute atomic E-state index is 12.5. The number of nitrogens with zero attached hydrogens (tertiary/aromatic N) is 2. The molecule has 3 rings (SSSR count). The third kappa shape index (κ3) is 4.70. The van der Waals surface area contributed by atoms with E-state index in [-0.39, 0.29) is 12.4 Å². The van der Waals surface area contributed by atoms with Crippen LogP contribution in [0, 0.1) is 12.8 Å². The van der Waals surface area contributed by atoms with E-state index in [1.807, 2.05) is 6.20 Å². The lowest BCUT2D eigenvalue weighted by atomic mass is 9.87. The third-order valence-electron chi connectivity index (χ3n) is 5.28. The number of amides is 1. The standard InChI is InChI=1S/C17H28N4O.ClH/c1-13-15(12-19-20-13)11-18-16-7-9-21(10-8-16)17(22)14-5-3-2-4-6-14;/h12,14,16,18H,2-11H2,1H3,(H,19,20);1H. The minimum atomic E-state index is 0. The van der Waals surface area contributed by atoms with Crippen molar-refractivity contribution >= 4 is 18.3 Å². The van der Waals surface area contributed by atoms with Crippen molar-refractivity contribution in [3.05, 3.63) is 17.5 Å². The molecule has 0 unspecified atom stereocenters. The van der Waals surface area contributed by atoms with Crippen LogP contribution in [0.4, 0.5) is 0 Å². The predicted octanol–water partition coefficient (Wildman–Crippen LogP) is 2.80. The second kappa shape index (κ2) is 8.69. The second-order valence-electron chi connectivity index (χ2n) is 6.84. The van der Waals surface area contributed by atoms with Crippen LogP contribution in [-0.2, 0) is 11.3 Å². The van der Waals surface area contributed by atoms with Crippen molar-refractivity contribution in [2.24, 2.45) is 5.92 Å². The van der Waals surface area contributed by atoms with E-state index in [1.54, 1.807) is 0 Å². The fourth-order valence-electron chi connectivity index (χ4n) is 3.72. The summed E-state index contributed by atoms with van der Waals surface area (Å²) >= 11 is 0. The molecule has 0 aromatic carbocycles. The second-order valence-corrected chi connectivity index (χ2v) is 6.84. The fourth-order valence-corrected chi connectivity index (χ4v) is 3.72. The molecule has 5 nitrogen and oxygen atoms in total. The van der Waals surface area contributed by atoms with Crippen LogP contribution in [0.15, 0.2) is 6.20 Å². The molecule has 6 heteroatoms. The Morgan fingerprint density at radius 2 is 1.96 bits per heavy atom. The van der Waals surface area contributed by atoms with E-state index in [9.17, 15) is 4.79 Å². The summed E-state index contributed by atoms with van der Waals surface area (Å²) in [4.78, 5) is 14.7. The number of hydrogen-bond acceptors (Lipinski definition) is 3. The quantitative estimate of drug-likeness (QED) is 0.886. The zero-order chi connectivity index (χ0) is 15.4. The van der Waals surface area contributed by atoms with Crippen molar-refractivity contribution in [3.63, 3.8) is 0 Å². The Morgan fingerprint density at radius 3 is 2.57 bits per heavy atom. The molecule has 1 amide bonds. The summed E-state index contributed by atoms with van der Waals surface area (Å²) in [5.74, 6) is 0.732. The Kier molecular flexibility index (Phi) is 6.90. The predicted molar refractivity (Wildman–Crippen MR) is 93.6 cm³/mol. The number of aryl methyl sites for hydroxylation is 1. The van der Waals surface area contributed by atoms with Gasteiger partial charge in [0.1, 0.15) is 0 Å². The number of halogens is 1. The number of carbonyl (C=O) groups excluding carboxylic acids is 1. The largest absolute Gasteiger partial charge is 0.342 e. The number of piperidine rings is 1. The van der Waals surface area contributed by atoms with Crippen LogP contribution >= 0.6 is 12.4 Å². The number of likely N-dealkylation sites (tertiary alicyclic amines) is 1. The molecule has 0 bridgehead atoms. The highest BCUT2D eigenvalue weighted by Crippen LogP contribution is 2.26. The van der Waals surface area contributed by atoms with E-state index in [1.165, 1.54) is 24.8 Å². The van der Waals surface area contributed by atoms with E-state index in [2.05, 4.69) is 27.3 Å². The summed E-state index contributed by atoms with van der Waals surface area (Å²) in [7, 11) is 0. The van der Waals surface area contributed by atoms with Gasteiger partial charge in [-0.25, -0.2) is 0 Å². The average molecular weight is 341 g/mol. The molecule has 1 saturated heterocycles. The van der Waals surface area contributed by atoms with Gasteiger partial charge < -0.3 is 10.2 Å². The molecule has 0 atom stereocenters. The summed E-state index contributed by atoms with van der Waals surface area (Å²) in [6, 6.07) is 0.518. The SMILES string of the molecule is Cc1[nH]ncc1CNC1CCN(C(=O)C2CCCCC2)CC1.Cl. The Balaban J connectivity index is 0.00000192. The van der Waals surface area contributed by atoms with Crippen LogP contribution < -0.4 is 5.32 Å². The summed E-state index contributed by atoms with van der Waals surface area (Å²) in [6.07, 6.45) is 10.0. The monoisotopic (exact) mass is 340 g/mol. The molecule has 0 radical (unpaired) electrons. The van der Waals surface area contributed by atoms with Crippen LogP contribution in [0.2, 0.25) is 0 Å². The van der Waals surface area contributed by atoms with E-state index in [0.29, 0.717) is 17.9 Å². The fraction of sp³-hybridized carbons (Fsp3) is 0.765. The zero-order valence-electron chi connectivity index (χ0n) is 14.0. The lowest BCUT2D eigenvalue weighted by Crippen LogP contribution is -2.46. The molecule has 2 heterocycles. The van der Waals surface area contributed by atoms with Crippen LogP contribution in [0.25, 0.3) is 0 Å². The number of nitrogens with one attached hydrogen (secondary N) is 2. The van der Waals surface area contributed by atoms with Gasteiger partial charge >= 0.3 is 0 Å². The molecule has 2 aliphatic rings. The van der Waals surface area contributed by atoms with Gasteiger partial charge in [-0.15, -0.1) is 12.4 Å². The Morgan fingerprint density at radius 1 is 1.26 bits per heavy atom. The molecule has 1 aliphatic heterocycles. The van der Waals surface area contributed by atoms with E-state index < -0.39 is 0 Å². The smallest absolute Gasteiger partial charge is 0.225 e. The number of rotatable bonds is 4. The van der Waals surface area contributed by atoms with Gasteiger partial charge in [0.05, 0.1) is 6.20 Å². The molecule has 1 aliphatic carbocycles. The number of hydrogen-bond donors (Lipinski definition) is 2. The van der Waals surface area contributed by atoms with Gasteiger partial charge in [0, 0.05) is 42.9 Å². The highest BCUT2D eigenvalue weighted by Gasteiger charge is 2.28. The van der Waals surface area contributed by atoms with Crippen LogP contribution in [0.3, 0.4) is 0 Å². The highest BCUT2D eigenvalue weighted by atomic mass is 35.5. The van der Waals surface area contributed by atoms with Gasteiger partial charge in [0.15, 0.2) is 0 Å². The number of carbonyl (C=O) groups is 1. The third-order valence-corrected chi connectivity index (χ3v) is 5.28. The summed E-state index contributed by atoms with van der Waals surface area (Å²) in [5, 5.41) is 10.6. The van der Waals surface area contributed by atoms with Crippen LogP contribution in [0.5, 0.6) is 0 Å². The van der Waals surface area contributed by atoms with E-state index >= 15 is 0 Å². The molecule has 1 saturated carbocycles. The number of aromatic amines is 1. The molecule has 1 aromatic heterocycles. The van der Waals surface area contributed by atoms with Gasteiger partial charge in [-0.05, 0) is 32.6 Å². The average Bonchev–Trinajstić information content (AvgIpc) is 2.99. The maximum Gasteiger partial charge on any atom is 0.225 e. The topological polar surface area (TPSA) is 61.0 Å². The molecule has 0 spiro atoms. The minimum absolute atomic E-state index is 0. The maximum atomic E-state index is 12.5. The molecular weight excluding hydrogens is 312 g/mol. The van der Waals surface area contributed by atoms with Gasteiger partial charge in [-0.1, -0.05) is 19.3 Å². The van der Waals surface area contributed by atoms with Crippen molar-refractivity contribution in [1.82, 2.24) is 20.4 Å². The van der Waals surface area contributed by atoms with Gasteiger partial charge in [0.2, 0.25) is 5.91 Å². The zero-order valence-corrected chi connectivity index (χ0v) is 14.8. The molecule has 1 aromatic rings. The van der Waals surface area contributed by atoms with Gasteiger partial charge in [-0.2, -0.15) is 5.10 Å². The van der Waals surface area contributed by atoms with Crippen LogP contribution in [-0.4, -0.2) is 40.1 Å². The van der Waals surface area contributed by atoms with Crippen molar-refractivity contribution in [2.75, 3.05) is 13.1 Å².